The number of nitrogens with one attached hydrogen (secondary N) is 2. The minimum atomic E-state index is 0.536. The highest BCUT2D eigenvalue weighted by molar-refractivity contribution is 6.30. The summed E-state index contributed by atoms with van der Waals surface area (Å²) in [5, 5.41) is 8.53. The number of hydrogen-bond acceptors (Lipinski definition) is 4. The fourth-order valence-electron chi connectivity index (χ4n) is 2.51. The van der Waals surface area contributed by atoms with Gasteiger partial charge in [-0.1, -0.05) is 29.8 Å². The third-order valence-electron chi connectivity index (χ3n) is 3.97. The molecule has 1 aliphatic rings. The van der Waals surface area contributed by atoms with Crippen LogP contribution in [-0.4, -0.2) is 16.0 Å². The molecule has 0 radical (unpaired) electrons. The average molecular weight is 325 g/mol. The molecule has 4 rings (SSSR count). The lowest BCUT2D eigenvalue weighted by molar-refractivity contribution is 1.10. The van der Waals surface area contributed by atoms with Gasteiger partial charge in [-0.05, 0) is 49.6 Å². The van der Waals surface area contributed by atoms with E-state index in [-0.39, 0.29) is 0 Å². The number of anilines is 3. The molecule has 4 nitrogen and oxygen atoms in total. The minimum absolute atomic E-state index is 0.536. The summed E-state index contributed by atoms with van der Waals surface area (Å²) in [5.74, 6) is 1.47. The number of para-hydroxylation sites is 1. The Balaban J connectivity index is 1.75. The highest BCUT2D eigenvalue weighted by Crippen LogP contribution is 2.30. The second-order valence-electron chi connectivity index (χ2n) is 5.92. The Hall–Kier alpha value is -2.33. The molecule has 1 aromatic heterocycles. The Bertz CT molecular complexity index is 874. The fraction of sp³-hybridized carbons (Fsp3) is 0.222. The number of aryl methyl sites for hydroxylation is 1. The molecule has 0 saturated heterocycles. The quantitative estimate of drug-likeness (QED) is 0.716. The third-order valence-corrected chi connectivity index (χ3v) is 4.20. The van der Waals surface area contributed by atoms with Crippen molar-refractivity contribution in [1.82, 2.24) is 9.97 Å². The lowest BCUT2D eigenvalue weighted by Crippen LogP contribution is -2.07. The monoisotopic (exact) mass is 324 g/mol. The van der Waals surface area contributed by atoms with E-state index in [0.29, 0.717) is 17.0 Å². The smallest absolute Gasteiger partial charge is 0.229 e. The molecule has 0 unspecified atom stereocenters. The summed E-state index contributed by atoms with van der Waals surface area (Å²) in [6.45, 7) is 2.03. The number of hydrogen-bond donors (Lipinski definition) is 2. The molecular formula is C18H17ClN4. The molecule has 0 spiro atoms. The predicted molar refractivity (Wildman–Crippen MR) is 95.7 cm³/mol. The van der Waals surface area contributed by atoms with Crippen LogP contribution in [0.1, 0.15) is 18.4 Å². The number of nitrogens with zero attached hydrogens (tertiary/aromatic N) is 2. The second kappa shape index (κ2) is 5.70. The van der Waals surface area contributed by atoms with Gasteiger partial charge in [0, 0.05) is 22.1 Å². The summed E-state index contributed by atoms with van der Waals surface area (Å²) in [6, 6.07) is 14.3. The lowest BCUT2D eigenvalue weighted by atomic mass is 10.2. The maximum absolute atomic E-state index is 6.09. The molecule has 5 heteroatoms. The van der Waals surface area contributed by atoms with E-state index in [1.54, 1.807) is 0 Å². The normalized spacial score (nSPS) is 14.0. The summed E-state index contributed by atoms with van der Waals surface area (Å²) in [7, 11) is 0. The van der Waals surface area contributed by atoms with E-state index < -0.39 is 0 Å². The standard InChI is InChI=1S/C18H17ClN4/c1-11-6-7-12(19)10-16(11)22-18-21-15-5-3-2-4-14(15)17(23-18)20-13-8-9-13/h2-7,10,13H,8-9H2,1H3,(H2,20,21,22,23). The molecule has 116 valence electrons. The first-order valence-electron chi connectivity index (χ1n) is 7.75. The van der Waals surface area contributed by atoms with E-state index in [1.807, 2.05) is 43.3 Å². The number of aromatic nitrogens is 2. The first-order chi connectivity index (χ1) is 11.2. The molecule has 1 fully saturated rings. The number of halogens is 1. The van der Waals surface area contributed by atoms with E-state index in [1.165, 1.54) is 12.8 Å². The van der Waals surface area contributed by atoms with Crippen LogP contribution < -0.4 is 10.6 Å². The molecule has 3 aromatic rings. The maximum atomic E-state index is 6.09. The highest BCUT2D eigenvalue weighted by Gasteiger charge is 2.22. The molecule has 2 aromatic carbocycles. The summed E-state index contributed by atoms with van der Waals surface area (Å²) in [5.41, 5.74) is 2.95. The Labute approximate surface area is 139 Å². The number of fused-ring (bicyclic) bond motifs is 1. The van der Waals surface area contributed by atoms with Gasteiger partial charge >= 0.3 is 0 Å². The van der Waals surface area contributed by atoms with Crippen LogP contribution >= 0.6 is 11.6 Å². The van der Waals surface area contributed by atoms with Crippen molar-refractivity contribution in [3.63, 3.8) is 0 Å². The van der Waals surface area contributed by atoms with Gasteiger partial charge in [0.2, 0.25) is 5.95 Å². The third kappa shape index (κ3) is 3.08. The van der Waals surface area contributed by atoms with Crippen molar-refractivity contribution in [1.29, 1.82) is 0 Å². The fourth-order valence-corrected chi connectivity index (χ4v) is 2.68. The van der Waals surface area contributed by atoms with E-state index in [2.05, 4.69) is 26.7 Å². The molecule has 0 aliphatic heterocycles. The second-order valence-corrected chi connectivity index (χ2v) is 6.35. The van der Waals surface area contributed by atoms with Gasteiger partial charge in [0.1, 0.15) is 5.82 Å². The molecule has 0 amide bonds. The first-order valence-corrected chi connectivity index (χ1v) is 8.13. The van der Waals surface area contributed by atoms with Gasteiger partial charge in [-0.15, -0.1) is 0 Å². The van der Waals surface area contributed by atoms with Crippen molar-refractivity contribution >= 4 is 40.0 Å². The Morgan fingerprint density at radius 3 is 2.74 bits per heavy atom. The van der Waals surface area contributed by atoms with Gasteiger partial charge in [0.15, 0.2) is 0 Å². The zero-order chi connectivity index (χ0) is 15.8. The van der Waals surface area contributed by atoms with Crippen molar-refractivity contribution in [3.8, 4) is 0 Å². The molecular weight excluding hydrogens is 308 g/mol. The molecule has 1 aliphatic carbocycles. The Morgan fingerprint density at radius 1 is 1.09 bits per heavy atom. The van der Waals surface area contributed by atoms with Crippen LogP contribution in [0.3, 0.4) is 0 Å². The predicted octanol–water partition coefficient (Wildman–Crippen LogP) is 4.91. The average Bonchev–Trinajstić information content (AvgIpc) is 3.35. The van der Waals surface area contributed by atoms with Crippen LogP contribution in [0.2, 0.25) is 5.02 Å². The lowest BCUT2D eigenvalue weighted by Gasteiger charge is -2.12. The van der Waals surface area contributed by atoms with Crippen LogP contribution in [0.4, 0.5) is 17.5 Å². The van der Waals surface area contributed by atoms with Crippen LogP contribution in [0.5, 0.6) is 0 Å². The summed E-state index contributed by atoms with van der Waals surface area (Å²) in [4.78, 5) is 9.30. The van der Waals surface area contributed by atoms with Gasteiger partial charge in [-0.25, -0.2) is 4.98 Å². The largest absolute Gasteiger partial charge is 0.367 e. The summed E-state index contributed by atoms with van der Waals surface area (Å²) < 4.78 is 0. The molecule has 0 bridgehead atoms. The zero-order valence-corrected chi connectivity index (χ0v) is 13.6. The van der Waals surface area contributed by atoms with Crippen molar-refractivity contribution in [3.05, 3.63) is 53.1 Å². The van der Waals surface area contributed by atoms with E-state index in [9.17, 15) is 0 Å². The number of rotatable bonds is 4. The van der Waals surface area contributed by atoms with Crippen molar-refractivity contribution < 1.29 is 0 Å². The summed E-state index contributed by atoms with van der Waals surface area (Å²) in [6.07, 6.45) is 2.41. The van der Waals surface area contributed by atoms with Crippen LogP contribution in [0.25, 0.3) is 10.9 Å². The van der Waals surface area contributed by atoms with Crippen LogP contribution in [0, 0.1) is 6.92 Å². The van der Waals surface area contributed by atoms with Crippen LogP contribution in [-0.2, 0) is 0 Å². The van der Waals surface area contributed by atoms with Gasteiger partial charge in [0.05, 0.1) is 5.52 Å². The van der Waals surface area contributed by atoms with Gasteiger partial charge < -0.3 is 10.6 Å². The number of benzene rings is 2. The Kier molecular flexibility index (Phi) is 3.54. The Morgan fingerprint density at radius 2 is 1.91 bits per heavy atom. The van der Waals surface area contributed by atoms with Crippen LogP contribution in [0.15, 0.2) is 42.5 Å². The first kappa shape index (κ1) is 14.3. The topological polar surface area (TPSA) is 49.8 Å². The minimum Gasteiger partial charge on any atom is -0.367 e. The van der Waals surface area contributed by atoms with Crippen molar-refractivity contribution in [2.24, 2.45) is 0 Å². The van der Waals surface area contributed by atoms with E-state index in [4.69, 9.17) is 11.6 Å². The van der Waals surface area contributed by atoms with Gasteiger partial charge in [0.25, 0.3) is 0 Å². The van der Waals surface area contributed by atoms with E-state index in [0.717, 1.165) is 28.0 Å². The van der Waals surface area contributed by atoms with Crippen molar-refractivity contribution in [2.45, 2.75) is 25.8 Å². The molecule has 1 saturated carbocycles. The highest BCUT2D eigenvalue weighted by atomic mass is 35.5. The van der Waals surface area contributed by atoms with Gasteiger partial charge in [-0.2, -0.15) is 4.98 Å². The summed E-state index contributed by atoms with van der Waals surface area (Å²) >= 11 is 6.09. The van der Waals surface area contributed by atoms with Gasteiger partial charge in [-0.3, -0.25) is 0 Å². The SMILES string of the molecule is Cc1ccc(Cl)cc1Nc1nc(NC2CC2)c2ccccc2n1. The van der Waals surface area contributed by atoms with E-state index >= 15 is 0 Å². The molecule has 23 heavy (non-hydrogen) atoms. The molecule has 2 N–H and O–H groups in total. The zero-order valence-electron chi connectivity index (χ0n) is 12.8. The molecule has 1 heterocycles. The van der Waals surface area contributed by atoms with Crippen molar-refractivity contribution in [2.75, 3.05) is 10.6 Å². The molecule has 0 atom stereocenters. The maximum Gasteiger partial charge on any atom is 0.229 e.